The van der Waals surface area contributed by atoms with E-state index in [2.05, 4.69) is 45.4 Å². The maximum absolute atomic E-state index is 5.57. The van der Waals surface area contributed by atoms with Crippen LogP contribution in [0.3, 0.4) is 0 Å². The van der Waals surface area contributed by atoms with E-state index in [9.17, 15) is 0 Å². The highest BCUT2D eigenvalue weighted by Crippen LogP contribution is 2.33. The maximum Gasteiger partial charge on any atom is 0.244 e. The van der Waals surface area contributed by atoms with Crippen LogP contribution in [-0.4, -0.2) is 34.8 Å². The minimum atomic E-state index is 0.253. The van der Waals surface area contributed by atoms with Crippen molar-refractivity contribution in [2.24, 2.45) is 0 Å². The highest BCUT2D eigenvalue weighted by Gasteiger charge is 2.32. The lowest BCUT2D eigenvalue weighted by Gasteiger charge is -2.21. The molecule has 2 aliphatic rings. The first-order valence-corrected chi connectivity index (χ1v) is 8.09. The van der Waals surface area contributed by atoms with E-state index in [4.69, 9.17) is 9.26 Å². The lowest BCUT2D eigenvalue weighted by atomic mass is 10.1. The average molecular weight is 299 g/mol. The second-order valence-corrected chi connectivity index (χ2v) is 6.17. The molecule has 2 aromatic rings. The van der Waals surface area contributed by atoms with Gasteiger partial charge in [-0.1, -0.05) is 35.5 Å². The summed E-state index contributed by atoms with van der Waals surface area (Å²) in [6.45, 7) is 3.55. The van der Waals surface area contributed by atoms with E-state index < -0.39 is 0 Å². The number of benzene rings is 1. The Morgan fingerprint density at radius 2 is 2.09 bits per heavy atom. The van der Waals surface area contributed by atoms with Crippen LogP contribution in [0.1, 0.15) is 48.5 Å². The molecule has 0 aliphatic carbocycles. The monoisotopic (exact) mass is 299 g/mol. The molecular weight excluding hydrogens is 278 g/mol. The minimum Gasteiger partial charge on any atom is -0.381 e. The zero-order chi connectivity index (χ0) is 14.8. The van der Waals surface area contributed by atoms with Crippen LogP contribution in [0.4, 0.5) is 0 Å². The van der Waals surface area contributed by atoms with E-state index in [1.807, 2.05) is 0 Å². The molecule has 0 saturated carbocycles. The van der Waals surface area contributed by atoms with Gasteiger partial charge in [-0.3, -0.25) is 4.90 Å². The summed E-state index contributed by atoms with van der Waals surface area (Å²) in [5.41, 5.74) is 1.33. The van der Waals surface area contributed by atoms with Crippen molar-refractivity contribution in [3.8, 4) is 0 Å². The molecule has 0 spiro atoms. The maximum atomic E-state index is 5.57. The molecule has 2 aliphatic heterocycles. The molecular formula is C17H21N3O2. The number of nitrogens with zero attached hydrogens (tertiary/aromatic N) is 3. The van der Waals surface area contributed by atoms with E-state index in [-0.39, 0.29) is 6.04 Å². The van der Waals surface area contributed by atoms with Gasteiger partial charge in [0.15, 0.2) is 5.82 Å². The summed E-state index contributed by atoms with van der Waals surface area (Å²) in [7, 11) is 0. The van der Waals surface area contributed by atoms with Crippen LogP contribution in [0.5, 0.6) is 0 Å². The van der Waals surface area contributed by atoms with Gasteiger partial charge in [0.1, 0.15) is 0 Å². The molecule has 2 fully saturated rings. The summed E-state index contributed by atoms with van der Waals surface area (Å²) in [4.78, 5) is 7.11. The van der Waals surface area contributed by atoms with Gasteiger partial charge >= 0.3 is 0 Å². The van der Waals surface area contributed by atoms with Crippen molar-refractivity contribution < 1.29 is 9.26 Å². The van der Waals surface area contributed by atoms with Crippen LogP contribution >= 0.6 is 0 Å². The Morgan fingerprint density at radius 3 is 2.91 bits per heavy atom. The van der Waals surface area contributed by atoms with Gasteiger partial charge in [-0.2, -0.15) is 4.98 Å². The van der Waals surface area contributed by atoms with Crippen LogP contribution in [0.2, 0.25) is 0 Å². The molecule has 0 N–H and O–H groups in total. The van der Waals surface area contributed by atoms with Crippen molar-refractivity contribution in [1.29, 1.82) is 0 Å². The predicted molar refractivity (Wildman–Crippen MR) is 81.3 cm³/mol. The number of hydrogen-bond donors (Lipinski definition) is 0. The Balaban J connectivity index is 1.48. The third-order valence-corrected chi connectivity index (χ3v) is 4.63. The normalized spacial score (nSPS) is 25.8. The summed E-state index contributed by atoms with van der Waals surface area (Å²) in [5.74, 6) is 1.90. The standard InChI is InChI=1S/C17H21N3O2/c1-2-5-13(6-3-1)11-20-9-4-7-15(20)17-18-16(19-22-17)14-8-10-21-12-14/h1-3,5-6,14-15H,4,7-12H2/t14-,15-/m0/s1. The largest absolute Gasteiger partial charge is 0.381 e. The van der Waals surface area contributed by atoms with Crippen molar-refractivity contribution in [3.05, 3.63) is 47.6 Å². The van der Waals surface area contributed by atoms with Crippen molar-refractivity contribution in [2.75, 3.05) is 19.8 Å². The van der Waals surface area contributed by atoms with Gasteiger partial charge < -0.3 is 9.26 Å². The number of rotatable bonds is 4. The van der Waals surface area contributed by atoms with Crippen LogP contribution in [0, 0.1) is 0 Å². The second-order valence-electron chi connectivity index (χ2n) is 6.17. The molecule has 0 radical (unpaired) electrons. The molecule has 0 bridgehead atoms. The fraction of sp³-hybridized carbons (Fsp3) is 0.529. The van der Waals surface area contributed by atoms with Crippen molar-refractivity contribution in [1.82, 2.24) is 15.0 Å². The quantitative estimate of drug-likeness (QED) is 0.869. The Morgan fingerprint density at radius 1 is 1.18 bits per heavy atom. The summed E-state index contributed by atoms with van der Waals surface area (Å²) in [6.07, 6.45) is 3.27. The first kappa shape index (κ1) is 13.9. The zero-order valence-electron chi connectivity index (χ0n) is 12.6. The summed E-state index contributed by atoms with van der Waals surface area (Å²) < 4.78 is 11.0. The molecule has 0 amide bonds. The Labute approximate surface area is 130 Å². The SMILES string of the molecule is c1ccc(CN2CCC[C@H]2c2nc([C@H]3CCOC3)no2)cc1. The minimum absolute atomic E-state index is 0.253. The van der Waals surface area contributed by atoms with Crippen LogP contribution in [0.25, 0.3) is 0 Å². The third kappa shape index (κ3) is 2.78. The molecule has 5 heteroatoms. The molecule has 0 unspecified atom stereocenters. The fourth-order valence-corrected chi connectivity index (χ4v) is 3.40. The van der Waals surface area contributed by atoms with Gasteiger partial charge in [0.2, 0.25) is 5.89 Å². The highest BCUT2D eigenvalue weighted by atomic mass is 16.5. The Hall–Kier alpha value is -1.72. The van der Waals surface area contributed by atoms with Gasteiger partial charge in [-0.25, -0.2) is 0 Å². The number of hydrogen-bond acceptors (Lipinski definition) is 5. The molecule has 4 rings (SSSR count). The Bertz CT molecular complexity index is 607. The molecule has 2 saturated heterocycles. The topological polar surface area (TPSA) is 51.4 Å². The van der Waals surface area contributed by atoms with Gasteiger partial charge in [0.25, 0.3) is 0 Å². The first-order chi connectivity index (χ1) is 10.9. The molecule has 1 aromatic heterocycles. The number of ether oxygens (including phenoxy) is 1. The molecule has 3 heterocycles. The summed E-state index contributed by atoms with van der Waals surface area (Å²) in [5, 5.41) is 4.19. The van der Waals surface area contributed by atoms with Gasteiger partial charge in [-0.05, 0) is 31.4 Å². The fourth-order valence-electron chi connectivity index (χ4n) is 3.40. The first-order valence-electron chi connectivity index (χ1n) is 8.09. The predicted octanol–water partition coefficient (Wildman–Crippen LogP) is 2.91. The lowest BCUT2D eigenvalue weighted by Crippen LogP contribution is -2.23. The van der Waals surface area contributed by atoms with Crippen molar-refractivity contribution >= 4 is 0 Å². The van der Waals surface area contributed by atoms with E-state index >= 15 is 0 Å². The van der Waals surface area contributed by atoms with Crippen molar-refractivity contribution in [2.45, 2.75) is 37.8 Å². The third-order valence-electron chi connectivity index (χ3n) is 4.63. The zero-order valence-corrected chi connectivity index (χ0v) is 12.6. The Kier molecular flexibility index (Phi) is 3.91. The van der Waals surface area contributed by atoms with Gasteiger partial charge in [0, 0.05) is 19.1 Å². The average Bonchev–Trinajstić information content (AvgIpc) is 3.29. The molecule has 5 nitrogen and oxygen atoms in total. The van der Waals surface area contributed by atoms with E-state index in [1.165, 1.54) is 12.0 Å². The number of aromatic nitrogens is 2. The molecule has 22 heavy (non-hydrogen) atoms. The van der Waals surface area contributed by atoms with E-state index in [0.29, 0.717) is 5.92 Å². The lowest BCUT2D eigenvalue weighted by molar-refractivity contribution is 0.192. The van der Waals surface area contributed by atoms with Crippen LogP contribution < -0.4 is 0 Å². The highest BCUT2D eigenvalue weighted by molar-refractivity contribution is 5.15. The van der Waals surface area contributed by atoms with Gasteiger partial charge in [0.05, 0.1) is 12.6 Å². The summed E-state index contributed by atoms with van der Waals surface area (Å²) in [6, 6.07) is 10.8. The van der Waals surface area contributed by atoms with Crippen LogP contribution in [-0.2, 0) is 11.3 Å². The van der Waals surface area contributed by atoms with E-state index in [1.54, 1.807) is 0 Å². The van der Waals surface area contributed by atoms with E-state index in [0.717, 1.165) is 50.9 Å². The van der Waals surface area contributed by atoms with Crippen molar-refractivity contribution in [3.63, 3.8) is 0 Å². The van der Waals surface area contributed by atoms with Crippen LogP contribution in [0.15, 0.2) is 34.9 Å². The van der Waals surface area contributed by atoms with Gasteiger partial charge in [-0.15, -0.1) is 0 Å². The second kappa shape index (κ2) is 6.18. The smallest absolute Gasteiger partial charge is 0.244 e. The molecule has 2 atom stereocenters. The molecule has 1 aromatic carbocycles. The molecule has 116 valence electrons. The summed E-state index contributed by atoms with van der Waals surface area (Å²) >= 11 is 0. The number of likely N-dealkylation sites (tertiary alicyclic amines) is 1.